The molecule has 5 nitrogen and oxygen atoms in total. The smallest absolute Gasteiger partial charge is 0.214 e. The summed E-state index contributed by atoms with van der Waals surface area (Å²) in [6.07, 6.45) is 2.45. The standard InChI is InChI=1S/C11H25N3O2S/c1-3-8-17(15,16)14-6-4-11(5-7-14)13-10(2)9-12/h10-11,13H,3-9,12H2,1-2H3. The first-order valence-corrected chi connectivity index (χ1v) is 8.04. The molecule has 0 radical (unpaired) electrons. The van der Waals surface area contributed by atoms with Crippen molar-refractivity contribution >= 4 is 10.0 Å². The zero-order valence-corrected chi connectivity index (χ0v) is 11.7. The molecule has 0 aliphatic carbocycles. The highest BCUT2D eigenvalue weighted by Crippen LogP contribution is 2.15. The molecule has 1 heterocycles. The van der Waals surface area contributed by atoms with Gasteiger partial charge in [0.15, 0.2) is 0 Å². The van der Waals surface area contributed by atoms with Crippen LogP contribution in [0.25, 0.3) is 0 Å². The summed E-state index contributed by atoms with van der Waals surface area (Å²) >= 11 is 0. The van der Waals surface area contributed by atoms with E-state index in [2.05, 4.69) is 12.2 Å². The number of hydrogen-bond acceptors (Lipinski definition) is 4. The summed E-state index contributed by atoms with van der Waals surface area (Å²) in [5, 5.41) is 3.43. The largest absolute Gasteiger partial charge is 0.329 e. The van der Waals surface area contributed by atoms with Gasteiger partial charge < -0.3 is 11.1 Å². The number of nitrogens with zero attached hydrogens (tertiary/aromatic N) is 1. The Morgan fingerprint density at radius 1 is 1.41 bits per heavy atom. The van der Waals surface area contributed by atoms with Crippen LogP contribution >= 0.6 is 0 Å². The van der Waals surface area contributed by atoms with Gasteiger partial charge in [0, 0.05) is 31.7 Å². The second kappa shape index (κ2) is 6.68. The van der Waals surface area contributed by atoms with Crippen LogP contribution in [0, 0.1) is 0 Å². The second-order valence-electron chi connectivity index (χ2n) is 4.79. The fraction of sp³-hybridized carbons (Fsp3) is 1.00. The van der Waals surface area contributed by atoms with Crippen molar-refractivity contribution in [3.05, 3.63) is 0 Å². The number of sulfonamides is 1. The first-order chi connectivity index (χ1) is 7.99. The van der Waals surface area contributed by atoms with Gasteiger partial charge in [0.05, 0.1) is 5.75 Å². The lowest BCUT2D eigenvalue weighted by atomic mass is 10.1. The van der Waals surface area contributed by atoms with Gasteiger partial charge in [-0.2, -0.15) is 0 Å². The van der Waals surface area contributed by atoms with Crippen molar-refractivity contribution in [2.24, 2.45) is 5.73 Å². The summed E-state index contributed by atoms with van der Waals surface area (Å²) in [6.45, 7) is 5.85. The molecule has 0 aromatic carbocycles. The van der Waals surface area contributed by atoms with Crippen LogP contribution in [0.15, 0.2) is 0 Å². The average Bonchev–Trinajstić information content (AvgIpc) is 2.29. The van der Waals surface area contributed by atoms with Crippen molar-refractivity contribution in [3.63, 3.8) is 0 Å². The highest BCUT2D eigenvalue weighted by molar-refractivity contribution is 7.89. The molecule has 0 bridgehead atoms. The third-order valence-corrected chi connectivity index (χ3v) is 5.26. The van der Waals surface area contributed by atoms with Crippen molar-refractivity contribution in [2.45, 2.75) is 45.2 Å². The van der Waals surface area contributed by atoms with Crippen LogP contribution in [-0.2, 0) is 10.0 Å². The van der Waals surface area contributed by atoms with E-state index >= 15 is 0 Å². The molecular weight excluding hydrogens is 238 g/mol. The summed E-state index contributed by atoms with van der Waals surface area (Å²) in [6, 6.07) is 0.709. The molecule has 0 spiro atoms. The van der Waals surface area contributed by atoms with Crippen LogP contribution in [0.2, 0.25) is 0 Å². The van der Waals surface area contributed by atoms with E-state index < -0.39 is 10.0 Å². The maximum Gasteiger partial charge on any atom is 0.214 e. The molecule has 1 saturated heterocycles. The maximum absolute atomic E-state index is 11.9. The second-order valence-corrected chi connectivity index (χ2v) is 6.88. The zero-order chi connectivity index (χ0) is 12.9. The van der Waals surface area contributed by atoms with E-state index in [1.54, 1.807) is 4.31 Å². The lowest BCUT2D eigenvalue weighted by Gasteiger charge is -2.33. The summed E-state index contributed by atoms with van der Waals surface area (Å²) in [4.78, 5) is 0. The van der Waals surface area contributed by atoms with Gasteiger partial charge in [0.25, 0.3) is 0 Å². The van der Waals surface area contributed by atoms with E-state index in [1.807, 2.05) is 6.92 Å². The summed E-state index contributed by atoms with van der Waals surface area (Å²) in [5.74, 6) is 0.268. The minimum atomic E-state index is -3.01. The van der Waals surface area contributed by atoms with Gasteiger partial charge in [-0.15, -0.1) is 0 Å². The molecule has 1 aliphatic rings. The lowest BCUT2D eigenvalue weighted by molar-refractivity contribution is 0.277. The highest BCUT2D eigenvalue weighted by Gasteiger charge is 2.27. The Hall–Kier alpha value is -0.170. The molecule has 1 fully saturated rings. The number of nitrogens with one attached hydrogen (secondary N) is 1. The maximum atomic E-state index is 11.9. The van der Waals surface area contributed by atoms with E-state index in [9.17, 15) is 8.42 Å². The van der Waals surface area contributed by atoms with Gasteiger partial charge >= 0.3 is 0 Å². The van der Waals surface area contributed by atoms with Gasteiger partial charge in [0.2, 0.25) is 10.0 Å². The van der Waals surface area contributed by atoms with Gasteiger partial charge in [-0.25, -0.2) is 12.7 Å². The molecule has 1 rings (SSSR count). The molecule has 1 aliphatic heterocycles. The van der Waals surface area contributed by atoms with Crippen molar-refractivity contribution in [2.75, 3.05) is 25.4 Å². The lowest BCUT2D eigenvalue weighted by Crippen LogP contribution is -2.49. The third kappa shape index (κ3) is 4.54. The monoisotopic (exact) mass is 263 g/mol. The van der Waals surface area contributed by atoms with Crippen molar-refractivity contribution in [3.8, 4) is 0 Å². The number of hydrogen-bond donors (Lipinski definition) is 2. The predicted molar refractivity (Wildman–Crippen MR) is 70.3 cm³/mol. The number of piperidine rings is 1. The van der Waals surface area contributed by atoms with Gasteiger partial charge in [-0.3, -0.25) is 0 Å². The SMILES string of the molecule is CCCS(=O)(=O)N1CCC(NC(C)CN)CC1. The first kappa shape index (κ1) is 14.9. The van der Waals surface area contributed by atoms with Crippen LogP contribution in [0.5, 0.6) is 0 Å². The quantitative estimate of drug-likeness (QED) is 0.714. The molecular formula is C11H25N3O2S. The molecule has 6 heteroatoms. The van der Waals surface area contributed by atoms with Gasteiger partial charge in [0.1, 0.15) is 0 Å². The van der Waals surface area contributed by atoms with Crippen molar-refractivity contribution < 1.29 is 8.42 Å². The highest BCUT2D eigenvalue weighted by atomic mass is 32.2. The molecule has 0 amide bonds. The van der Waals surface area contributed by atoms with E-state index in [1.165, 1.54) is 0 Å². The predicted octanol–water partition coefficient (Wildman–Crippen LogP) is 0.127. The zero-order valence-electron chi connectivity index (χ0n) is 10.9. The average molecular weight is 263 g/mol. The Balaban J connectivity index is 2.40. The first-order valence-electron chi connectivity index (χ1n) is 6.43. The molecule has 0 saturated carbocycles. The normalized spacial score (nSPS) is 21.6. The summed E-state index contributed by atoms with van der Waals surface area (Å²) in [7, 11) is -3.01. The summed E-state index contributed by atoms with van der Waals surface area (Å²) < 4.78 is 25.3. The number of nitrogens with two attached hydrogens (primary N) is 1. The Morgan fingerprint density at radius 3 is 2.47 bits per heavy atom. The molecule has 1 unspecified atom stereocenters. The van der Waals surface area contributed by atoms with E-state index in [-0.39, 0.29) is 5.75 Å². The molecule has 102 valence electrons. The Labute approximate surface area is 105 Å². The fourth-order valence-corrected chi connectivity index (χ4v) is 3.70. The topological polar surface area (TPSA) is 75.4 Å². The van der Waals surface area contributed by atoms with Crippen LogP contribution in [0.3, 0.4) is 0 Å². The Morgan fingerprint density at radius 2 is 2.00 bits per heavy atom. The minimum absolute atomic E-state index is 0.268. The molecule has 1 atom stereocenters. The minimum Gasteiger partial charge on any atom is -0.329 e. The van der Waals surface area contributed by atoms with Crippen LogP contribution in [0.4, 0.5) is 0 Å². The molecule has 3 N–H and O–H groups in total. The Kier molecular flexibility index (Phi) is 5.85. The van der Waals surface area contributed by atoms with Gasteiger partial charge in [-0.1, -0.05) is 6.92 Å². The molecule has 0 aromatic heterocycles. The van der Waals surface area contributed by atoms with Crippen LogP contribution in [0.1, 0.15) is 33.1 Å². The molecule has 0 aromatic rings. The molecule has 17 heavy (non-hydrogen) atoms. The van der Waals surface area contributed by atoms with E-state index in [0.717, 1.165) is 12.8 Å². The van der Waals surface area contributed by atoms with Crippen LogP contribution in [-0.4, -0.2) is 50.2 Å². The van der Waals surface area contributed by atoms with Crippen molar-refractivity contribution in [1.29, 1.82) is 0 Å². The van der Waals surface area contributed by atoms with E-state index in [4.69, 9.17) is 5.73 Å². The van der Waals surface area contributed by atoms with E-state index in [0.29, 0.717) is 38.1 Å². The van der Waals surface area contributed by atoms with Gasteiger partial charge in [-0.05, 0) is 26.2 Å². The van der Waals surface area contributed by atoms with Crippen molar-refractivity contribution in [1.82, 2.24) is 9.62 Å². The van der Waals surface area contributed by atoms with Crippen LogP contribution < -0.4 is 11.1 Å². The fourth-order valence-electron chi connectivity index (χ4n) is 2.16. The summed E-state index contributed by atoms with van der Waals surface area (Å²) in [5.41, 5.74) is 5.56. The Bertz CT molecular complexity index is 311. The number of rotatable bonds is 6. The third-order valence-electron chi connectivity index (χ3n) is 3.18.